The molecule has 4 heterocycles. The number of benzene rings is 7. The predicted molar refractivity (Wildman–Crippen MR) is 226 cm³/mol. The molecule has 0 saturated heterocycles. The first-order chi connectivity index (χ1) is 27.8. The standard InChI is InChI=1S/C50H31N5O/c1-5-15-33(16-6-1)45-46-43(44-39-23-13-14-24-42(39)55(50(44)56-46)38-21-11-4-12-22-38)40-31-37(29-30-41(40)51-45)32-25-27-36(28-26-32)49-53-47(34-17-7-2-8-18-34)52-48(54-49)35-19-9-3-10-20-35/h1-31H. The van der Waals surface area contributed by atoms with Gasteiger partial charge < -0.3 is 4.42 Å². The SMILES string of the molecule is c1ccc(-c2nc(-c3ccccc3)nc(-c3ccc(-c4ccc5nc(-c6ccccc6)c6oc7c(c8ccccc8n7-c7ccccc7)c6c5c4)cc3)n2)cc1. The molecule has 0 saturated carbocycles. The maximum absolute atomic E-state index is 6.99. The summed E-state index contributed by atoms with van der Waals surface area (Å²) in [4.78, 5) is 20.0. The van der Waals surface area contributed by atoms with Crippen LogP contribution < -0.4 is 0 Å². The second-order valence-electron chi connectivity index (χ2n) is 13.8. The van der Waals surface area contributed by atoms with Gasteiger partial charge in [-0.15, -0.1) is 0 Å². The van der Waals surface area contributed by atoms with Crippen LogP contribution in [-0.2, 0) is 0 Å². The lowest BCUT2D eigenvalue weighted by atomic mass is 9.98. The van der Waals surface area contributed by atoms with Crippen LogP contribution in [0.4, 0.5) is 0 Å². The zero-order valence-corrected chi connectivity index (χ0v) is 30.0. The Morgan fingerprint density at radius 1 is 0.375 bits per heavy atom. The van der Waals surface area contributed by atoms with Gasteiger partial charge in [-0.05, 0) is 41.5 Å². The van der Waals surface area contributed by atoms with E-state index in [4.69, 9.17) is 24.4 Å². The van der Waals surface area contributed by atoms with Crippen LogP contribution in [0.1, 0.15) is 0 Å². The first-order valence-electron chi connectivity index (χ1n) is 18.6. The Morgan fingerprint density at radius 2 is 0.875 bits per heavy atom. The first kappa shape index (κ1) is 31.8. The van der Waals surface area contributed by atoms with E-state index >= 15 is 0 Å². The Balaban J connectivity index is 1.09. The molecule has 0 N–H and O–H groups in total. The van der Waals surface area contributed by atoms with Crippen LogP contribution in [0.25, 0.3) is 106 Å². The van der Waals surface area contributed by atoms with Crippen molar-refractivity contribution in [2.75, 3.05) is 0 Å². The van der Waals surface area contributed by atoms with Crippen molar-refractivity contribution in [3.05, 3.63) is 188 Å². The van der Waals surface area contributed by atoms with Gasteiger partial charge in [0.2, 0.25) is 5.71 Å². The summed E-state index contributed by atoms with van der Waals surface area (Å²) < 4.78 is 9.22. The van der Waals surface area contributed by atoms with Crippen LogP contribution in [0, 0.1) is 0 Å². The molecule has 0 atom stereocenters. The second-order valence-corrected chi connectivity index (χ2v) is 13.8. The van der Waals surface area contributed by atoms with Gasteiger partial charge in [0, 0.05) is 44.1 Å². The number of nitrogens with zero attached hydrogens (tertiary/aromatic N) is 5. The molecule has 0 bridgehead atoms. The number of aromatic nitrogens is 5. The maximum atomic E-state index is 6.99. The number of fused-ring (bicyclic) bond motifs is 7. The van der Waals surface area contributed by atoms with E-state index in [1.54, 1.807) is 0 Å². The largest absolute Gasteiger partial charge is 0.437 e. The fraction of sp³-hybridized carbons (Fsp3) is 0. The minimum absolute atomic E-state index is 0.623. The quantitative estimate of drug-likeness (QED) is 0.171. The highest BCUT2D eigenvalue weighted by Gasteiger charge is 2.24. The Labute approximate surface area is 322 Å². The normalized spacial score (nSPS) is 11.6. The molecule has 56 heavy (non-hydrogen) atoms. The van der Waals surface area contributed by atoms with Crippen molar-refractivity contribution in [3.63, 3.8) is 0 Å². The van der Waals surface area contributed by atoms with Crippen LogP contribution in [0.3, 0.4) is 0 Å². The second kappa shape index (κ2) is 13.0. The third-order valence-electron chi connectivity index (χ3n) is 10.5. The first-order valence-corrected chi connectivity index (χ1v) is 18.6. The number of furan rings is 1. The van der Waals surface area contributed by atoms with E-state index in [0.717, 1.165) is 88.6 Å². The summed E-state index contributed by atoms with van der Waals surface area (Å²) in [6.07, 6.45) is 0. The van der Waals surface area contributed by atoms with Crippen LogP contribution in [0.5, 0.6) is 0 Å². The van der Waals surface area contributed by atoms with Gasteiger partial charge in [-0.25, -0.2) is 19.9 Å². The van der Waals surface area contributed by atoms with Crippen LogP contribution in [0.15, 0.2) is 192 Å². The lowest BCUT2D eigenvalue weighted by Gasteiger charge is -2.10. The van der Waals surface area contributed by atoms with E-state index in [9.17, 15) is 0 Å². The molecule has 0 aliphatic rings. The number of hydrogen-bond donors (Lipinski definition) is 0. The topological polar surface area (TPSA) is 69.6 Å². The smallest absolute Gasteiger partial charge is 0.213 e. The van der Waals surface area contributed by atoms with E-state index in [0.29, 0.717) is 17.5 Å². The molecule has 0 fully saturated rings. The Kier molecular flexibility index (Phi) is 7.38. The van der Waals surface area contributed by atoms with Crippen molar-refractivity contribution in [2.24, 2.45) is 0 Å². The minimum Gasteiger partial charge on any atom is -0.437 e. The van der Waals surface area contributed by atoms with E-state index < -0.39 is 0 Å². The number of rotatable bonds is 6. The average molecular weight is 718 g/mol. The summed E-state index contributed by atoms with van der Waals surface area (Å²) in [5.41, 5.74) is 11.4. The third-order valence-corrected chi connectivity index (χ3v) is 10.5. The lowest BCUT2D eigenvalue weighted by molar-refractivity contribution is 0.645. The van der Waals surface area contributed by atoms with Gasteiger partial charge in [-0.1, -0.05) is 158 Å². The van der Waals surface area contributed by atoms with Crippen LogP contribution >= 0.6 is 0 Å². The molecule has 262 valence electrons. The highest BCUT2D eigenvalue weighted by Crippen LogP contribution is 2.45. The molecule has 4 aromatic heterocycles. The molecule has 0 radical (unpaired) electrons. The molecular formula is C50H31N5O. The Morgan fingerprint density at radius 3 is 1.50 bits per heavy atom. The van der Waals surface area contributed by atoms with Gasteiger partial charge in [0.15, 0.2) is 23.1 Å². The Bertz CT molecular complexity index is 3150. The molecule has 6 heteroatoms. The molecule has 0 aliphatic heterocycles. The molecular weight excluding hydrogens is 687 g/mol. The number of para-hydroxylation sites is 2. The molecule has 0 aliphatic carbocycles. The van der Waals surface area contributed by atoms with Crippen LogP contribution in [-0.4, -0.2) is 24.5 Å². The molecule has 7 aromatic carbocycles. The third kappa shape index (κ3) is 5.27. The zero-order valence-electron chi connectivity index (χ0n) is 30.0. The summed E-state index contributed by atoms with van der Waals surface area (Å²) in [6.45, 7) is 0. The minimum atomic E-state index is 0.623. The Hall–Kier alpha value is -7.70. The fourth-order valence-electron chi connectivity index (χ4n) is 7.80. The van der Waals surface area contributed by atoms with Crippen molar-refractivity contribution in [3.8, 4) is 62.2 Å². The predicted octanol–water partition coefficient (Wildman–Crippen LogP) is 12.6. The highest BCUT2D eigenvalue weighted by molar-refractivity contribution is 6.28. The highest BCUT2D eigenvalue weighted by atomic mass is 16.3. The van der Waals surface area contributed by atoms with Gasteiger partial charge >= 0.3 is 0 Å². The van der Waals surface area contributed by atoms with Gasteiger partial charge in [-0.3, -0.25) is 4.57 Å². The van der Waals surface area contributed by atoms with E-state index in [-0.39, 0.29) is 0 Å². The lowest BCUT2D eigenvalue weighted by Crippen LogP contribution is -2.00. The molecule has 11 aromatic rings. The maximum Gasteiger partial charge on any atom is 0.213 e. The molecule has 0 amide bonds. The van der Waals surface area contributed by atoms with Gasteiger partial charge in [0.1, 0.15) is 5.69 Å². The van der Waals surface area contributed by atoms with Crippen molar-refractivity contribution in [1.29, 1.82) is 0 Å². The summed E-state index contributed by atoms with van der Waals surface area (Å²) >= 11 is 0. The zero-order chi connectivity index (χ0) is 37.0. The van der Waals surface area contributed by atoms with Crippen molar-refractivity contribution < 1.29 is 4.42 Å². The molecule has 0 spiro atoms. The van der Waals surface area contributed by atoms with Gasteiger partial charge in [0.25, 0.3) is 0 Å². The molecule has 0 unspecified atom stereocenters. The van der Waals surface area contributed by atoms with Gasteiger partial charge in [0.05, 0.1) is 16.4 Å². The van der Waals surface area contributed by atoms with Gasteiger partial charge in [-0.2, -0.15) is 0 Å². The van der Waals surface area contributed by atoms with E-state index in [2.05, 4.69) is 108 Å². The summed E-state index contributed by atoms with van der Waals surface area (Å²) in [5.74, 6) is 1.90. The molecule has 6 nitrogen and oxygen atoms in total. The monoisotopic (exact) mass is 717 g/mol. The number of pyridine rings is 1. The summed E-state index contributed by atoms with van der Waals surface area (Å²) in [7, 11) is 0. The van der Waals surface area contributed by atoms with Crippen molar-refractivity contribution >= 4 is 43.9 Å². The fourth-order valence-corrected chi connectivity index (χ4v) is 7.80. The van der Waals surface area contributed by atoms with E-state index in [1.165, 1.54) is 0 Å². The van der Waals surface area contributed by atoms with Crippen molar-refractivity contribution in [2.45, 2.75) is 0 Å². The van der Waals surface area contributed by atoms with Crippen LogP contribution in [0.2, 0.25) is 0 Å². The average Bonchev–Trinajstić information content (AvgIpc) is 3.82. The number of hydrogen-bond acceptors (Lipinski definition) is 5. The molecule has 11 rings (SSSR count). The van der Waals surface area contributed by atoms with E-state index in [1.807, 2.05) is 84.9 Å². The summed E-state index contributed by atoms with van der Waals surface area (Å²) in [5, 5.41) is 4.30. The summed E-state index contributed by atoms with van der Waals surface area (Å²) in [6, 6.07) is 64.4. The van der Waals surface area contributed by atoms with Crippen molar-refractivity contribution in [1.82, 2.24) is 24.5 Å².